The Morgan fingerprint density at radius 3 is 1.53 bits per heavy atom. The van der Waals surface area contributed by atoms with Crippen molar-refractivity contribution in [3.05, 3.63) is 240 Å². The molecule has 7 heteroatoms. The van der Waals surface area contributed by atoms with Gasteiger partial charge in [-0.25, -0.2) is 0 Å². The first-order valence-electron chi connectivity index (χ1n) is 45.6. The van der Waals surface area contributed by atoms with Crippen LogP contribution in [0.3, 0.4) is 0 Å². The molecule has 0 spiro atoms. The average molecular weight is 1140 g/mol. The van der Waals surface area contributed by atoms with E-state index >= 15 is 0 Å². The third-order valence-corrected chi connectivity index (χ3v) is 15.7. The fraction of sp³-hybridized carbons (Fsp3) is 0.154. The number of para-hydroxylation sites is 5. The van der Waals surface area contributed by atoms with Crippen molar-refractivity contribution in [3.63, 3.8) is 0 Å². The van der Waals surface area contributed by atoms with Crippen LogP contribution in [0.4, 0.5) is 51.2 Å². The number of aromatic nitrogens is 2. The van der Waals surface area contributed by atoms with E-state index in [1.54, 1.807) is 62.3 Å². The molecule has 0 fully saturated rings. The summed E-state index contributed by atoms with van der Waals surface area (Å²) < 4.78 is 377. The van der Waals surface area contributed by atoms with Gasteiger partial charge < -0.3 is 28.3 Å². The molecular weight excluding hydrogens is 1030 g/mol. The molecule has 0 atom stereocenters. The number of benzene rings is 11. The molecule has 0 amide bonds. The summed E-state index contributed by atoms with van der Waals surface area (Å²) in [5.41, 5.74) is -20.4. The molecule has 3 aliphatic rings. The summed E-state index contributed by atoms with van der Waals surface area (Å²) in [6, 6.07) is -36.6. The number of fused-ring (bicyclic) bond motifs is 15. The van der Waals surface area contributed by atoms with Gasteiger partial charge in [-0.2, -0.15) is 0 Å². The molecule has 14 aromatic rings. The molecule has 410 valence electrons. The number of anilines is 9. The van der Waals surface area contributed by atoms with Crippen LogP contribution < -0.4 is 31.1 Å². The van der Waals surface area contributed by atoms with Gasteiger partial charge in [0.15, 0.2) is 0 Å². The number of rotatable bonds is 5. The van der Waals surface area contributed by atoms with E-state index in [-0.39, 0.29) is 32.8 Å². The Morgan fingerprint density at radius 1 is 0.365 bits per heavy atom. The van der Waals surface area contributed by atoms with E-state index in [2.05, 4.69) is 0 Å². The summed E-state index contributed by atoms with van der Waals surface area (Å²) in [6.07, 6.45) is 0. The third-order valence-electron chi connectivity index (χ3n) is 15.7. The minimum atomic E-state index is -2.36. The summed E-state index contributed by atoms with van der Waals surface area (Å²) in [5, 5.41) is -2.67. The molecule has 3 aromatic heterocycles. The van der Waals surface area contributed by atoms with Crippen LogP contribution in [0.15, 0.2) is 228 Å². The lowest BCUT2D eigenvalue weighted by atomic mass is 9.33. The number of nitrogens with zero attached hydrogens (tertiary/aromatic N) is 5. The van der Waals surface area contributed by atoms with Gasteiger partial charge in [-0.15, -0.1) is 0 Å². The molecule has 85 heavy (non-hydrogen) atoms. The summed E-state index contributed by atoms with van der Waals surface area (Å²) in [7, 11) is 0. The Morgan fingerprint density at radius 2 is 0.894 bits per heavy atom. The summed E-state index contributed by atoms with van der Waals surface area (Å²) in [4.78, 5) is 1.94. The maximum Gasteiger partial charge on any atom is 0.252 e. The van der Waals surface area contributed by atoms with Crippen molar-refractivity contribution >= 4 is 140 Å². The second-order valence-corrected chi connectivity index (χ2v) is 24.1. The number of hydrogen-bond donors (Lipinski definition) is 0. The van der Waals surface area contributed by atoms with E-state index in [0.717, 1.165) is 14.0 Å². The lowest BCUT2D eigenvalue weighted by Crippen LogP contribution is -2.61. The molecule has 3 aliphatic heterocycles. The highest BCUT2D eigenvalue weighted by molar-refractivity contribution is 7.00. The van der Waals surface area contributed by atoms with E-state index in [9.17, 15) is 43.9 Å². The van der Waals surface area contributed by atoms with Crippen molar-refractivity contribution in [2.75, 3.05) is 14.7 Å². The van der Waals surface area contributed by atoms with Crippen molar-refractivity contribution in [2.24, 2.45) is 0 Å². The molecule has 0 saturated heterocycles. The first kappa shape index (κ1) is 25.2. The summed E-state index contributed by atoms with van der Waals surface area (Å²) in [5.74, 6) is 0. The number of hydrogen-bond acceptors (Lipinski definition) is 4. The van der Waals surface area contributed by atoms with Gasteiger partial charge in [-0.05, 0) is 164 Å². The van der Waals surface area contributed by atoms with Gasteiger partial charge in [-0.1, -0.05) is 165 Å². The predicted molar refractivity (Wildman–Crippen MR) is 361 cm³/mol. The molecule has 0 saturated carbocycles. The molecule has 11 aromatic carbocycles. The van der Waals surface area contributed by atoms with Crippen molar-refractivity contribution in [3.8, 4) is 11.4 Å². The zero-order chi connectivity index (χ0) is 89.8. The van der Waals surface area contributed by atoms with Gasteiger partial charge in [0.1, 0.15) is 11.2 Å². The van der Waals surface area contributed by atoms with E-state index in [1.165, 1.54) is 0 Å². The smallest absolute Gasteiger partial charge is 0.252 e. The van der Waals surface area contributed by atoms with Crippen LogP contribution in [-0.4, -0.2) is 15.8 Å². The van der Waals surface area contributed by atoms with Crippen LogP contribution >= 0.6 is 0 Å². The molecule has 6 heterocycles. The number of furan rings is 1. The van der Waals surface area contributed by atoms with Crippen LogP contribution in [0.2, 0.25) is 0 Å². The van der Waals surface area contributed by atoms with Gasteiger partial charge in [-0.3, -0.25) is 0 Å². The minimum absolute atomic E-state index is 0.0790. The fourth-order valence-corrected chi connectivity index (χ4v) is 11.7. The molecule has 6 nitrogen and oxygen atoms in total. The molecule has 0 unspecified atom stereocenters. The van der Waals surface area contributed by atoms with Crippen LogP contribution in [0.1, 0.15) is 130 Å². The Labute approximate surface area is 548 Å². The summed E-state index contributed by atoms with van der Waals surface area (Å²) >= 11 is 0. The van der Waals surface area contributed by atoms with Crippen molar-refractivity contribution in [1.82, 2.24) is 9.13 Å². The van der Waals surface area contributed by atoms with Crippen molar-refractivity contribution < 1.29 is 55.1 Å². The maximum atomic E-state index is 11.5. The normalized spacial score (nSPS) is 19.7. The van der Waals surface area contributed by atoms with Crippen LogP contribution in [0, 0.1) is 0 Å². The van der Waals surface area contributed by atoms with Gasteiger partial charge in [0.25, 0.3) is 6.71 Å². The van der Waals surface area contributed by atoms with Gasteiger partial charge in [0.2, 0.25) is 0 Å². The third kappa shape index (κ3) is 7.19. The second kappa shape index (κ2) is 17.4. The van der Waals surface area contributed by atoms with Crippen LogP contribution in [0.25, 0.3) is 76.9 Å². The minimum Gasteiger partial charge on any atom is -0.456 e. The highest BCUT2D eigenvalue weighted by atomic mass is 16.3. The standard InChI is InChI=1S/C78H64BN5O/c1-76(2,3)47-32-39-65-58(40-47)57-25-18-27-66-74(57)83(65)67-28-19-26-62-75(67)84(66)70-45-54(80(50-20-12-10-13-21-50)51-22-14-11-15-23-51)44-69-73(70)79(62)61-36-34-52(43-68(61)82(69)53-33-35-56-55-24-16-17-29-71(55)85-72(56)46-53)81-63-37-30-48(77(4,5)6)41-59(63)60-42-49(78(7,8)9)31-38-64(60)81/h10-46H,1-9H3/i10D,11D,12D,13D,14D,15D,16D,17D,18D,19D,20D,21D,22D,23D,24D,25D,26D,27D,28D,29D,30D,31D,32D,33D,34D,35D,36D,37D,38D,39D,40D,41D,42D,43D,44D,45D,46D. The van der Waals surface area contributed by atoms with E-state index in [0.29, 0.717) is 9.80 Å². The highest BCUT2D eigenvalue weighted by Crippen LogP contribution is 2.55. The molecular formula is C78H64BN5O. The maximum absolute atomic E-state index is 11.5. The Balaban J connectivity index is 1.21. The van der Waals surface area contributed by atoms with E-state index < -0.39 is 375 Å². The average Bonchev–Trinajstić information content (AvgIpc) is 1.16. The van der Waals surface area contributed by atoms with E-state index in [4.69, 9.17) is 11.3 Å². The Kier molecular flexibility index (Phi) is 5.18. The van der Waals surface area contributed by atoms with Crippen molar-refractivity contribution in [1.29, 1.82) is 0 Å². The topological polar surface area (TPSA) is 32.7 Å². The Bertz CT molecular complexity index is 7230. The molecule has 0 bridgehead atoms. The highest BCUT2D eigenvalue weighted by Gasteiger charge is 2.47. The molecule has 0 radical (unpaired) electrons. The first-order valence-corrected chi connectivity index (χ1v) is 27.1. The molecule has 0 aliphatic carbocycles. The summed E-state index contributed by atoms with van der Waals surface area (Å²) in [6.45, 7) is 12.4. The zero-order valence-electron chi connectivity index (χ0n) is 83.7. The first-order chi connectivity index (χ1) is 56.5. The van der Waals surface area contributed by atoms with Crippen molar-refractivity contribution in [2.45, 2.75) is 78.6 Å². The van der Waals surface area contributed by atoms with Gasteiger partial charge >= 0.3 is 0 Å². The zero-order valence-corrected chi connectivity index (χ0v) is 46.7. The Hall–Kier alpha value is -9.72. The lowest BCUT2D eigenvalue weighted by molar-refractivity contribution is 0.590. The second-order valence-electron chi connectivity index (χ2n) is 24.1. The SMILES string of the molecule is [2H]c1c([2H])c([2H])c(N(c2c([2H])c([2H])c([2H])c([2H])c2[2H])c2c([2H])c3c4c(c2[2H])N2c5c(c([2H])c([2H])c([2H])c5-n5c6c([2H])c([2H])c(C(C)(C)C)c([2H])c6c6c([2H])c([2H])c([2H])c2c65)B4c2c([2H])c([2H])c(-n4c5c([2H])c([2H])c(C(C)(C)C)c([2H])c5c5c([2H])c(C(C)(C)C)c([2H])c([2H])c54)c([2H])c2N3c2c([2H])c([2H])c3c(oc4c([2H])c([2H])c([2H])c([2H])c43)c2[2H])c([2H])c1[2H]. The van der Waals surface area contributed by atoms with Crippen LogP contribution in [0.5, 0.6) is 0 Å². The largest absolute Gasteiger partial charge is 0.456 e. The fourth-order valence-electron chi connectivity index (χ4n) is 11.7. The van der Waals surface area contributed by atoms with Crippen LogP contribution in [-0.2, 0) is 16.2 Å². The monoisotopic (exact) mass is 1130 g/mol. The molecule has 17 rings (SSSR count). The predicted octanol–water partition coefficient (Wildman–Crippen LogP) is 19.5. The molecule has 0 N–H and O–H groups in total. The van der Waals surface area contributed by atoms with Gasteiger partial charge in [0.05, 0.1) is 95.5 Å². The van der Waals surface area contributed by atoms with E-state index in [1.807, 2.05) is 0 Å². The van der Waals surface area contributed by atoms with Gasteiger partial charge in [0, 0.05) is 78.2 Å². The lowest BCUT2D eigenvalue weighted by Gasteiger charge is -2.46. The quantitative estimate of drug-likeness (QED) is 0.161.